The monoisotopic (exact) mass is 301 g/mol. The van der Waals surface area contributed by atoms with Crippen molar-refractivity contribution in [2.75, 3.05) is 0 Å². The highest BCUT2D eigenvalue weighted by molar-refractivity contribution is 4.92. The van der Waals surface area contributed by atoms with Crippen LogP contribution >= 0.6 is 0 Å². The van der Waals surface area contributed by atoms with Gasteiger partial charge in [0.25, 0.3) is 0 Å². The summed E-state index contributed by atoms with van der Waals surface area (Å²) in [5.74, 6) is -6.59. The van der Waals surface area contributed by atoms with Crippen molar-refractivity contribution in [1.82, 2.24) is 0 Å². The molecule has 0 aliphatic carbocycles. The van der Waals surface area contributed by atoms with E-state index in [2.05, 4.69) is 0 Å². The third-order valence-corrected chi connectivity index (χ3v) is 1.29. The molecule has 0 saturated carbocycles. The molecule has 0 rings (SSSR count). The van der Waals surface area contributed by atoms with Crippen LogP contribution in [0.4, 0.5) is 48.4 Å². The van der Waals surface area contributed by atoms with Gasteiger partial charge in [-0.1, -0.05) is 0 Å². The molecule has 0 fully saturated rings. The largest absolute Gasteiger partial charge is 0.478 e. The van der Waals surface area contributed by atoms with Crippen LogP contribution in [0.25, 0.3) is 0 Å². The molecule has 0 aromatic carbocycles. The second kappa shape index (κ2) is 4.68. The standard InChI is InChI=1S/C5F11O2/c6-1(7)2(8,9)3(10,11)17-4(12,13)5(14,15)18-16. The minimum absolute atomic E-state index is 1.24. The summed E-state index contributed by atoms with van der Waals surface area (Å²) in [6.07, 6.45) is -24.1. The lowest BCUT2D eigenvalue weighted by atomic mass is 10.3. The molecular formula is C5F11O2. The van der Waals surface area contributed by atoms with Gasteiger partial charge in [-0.3, -0.25) is 0 Å². The van der Waals surface area contributed by atoms with E-state index in [0.29, 0.717) is 0 Å². The van der Waals surface area contributed by atoms with Gasteiger partial charge in [0.2, 0.25) is 0 Å². The molecule has 0 aliphatic rings. The number of rotatable bonds is 6. The van der Waals surface area contributed by atoms with Crippen LogP contribution in [0.3, 0.4) is 0 Å². The highest BCUT2D eigenvalue weighted by atomic mass is 19.4. The van der Waals surface area contributed by atoms with Crippen molar-refractivity contribution in [2.45, 2.75) is 24.2 Å². The second-order valence-electron chi connectivity index (χ2n) is 2.56. The summed E-state index contributed by atoms with van der Waals surface area (Å²) in [5.41, 5.74) is 0. The van der Waals surface area contributed by atoms with Gasteiger partial charge in [-0.25, -0.2) is 4.74 Å². The zero-order valence-corrected chi connectivity index (χ0v) is 7.47. The molecule has 0 aromatic heterocycles. The van der Waals surface area contributed by atoms with Gasteiger partial charge >= 0.3 is 30.7 Å². The molecule has 0 spiro atoms. The summed E-state index contributed by atoms with van der Waals surface area (Å²) >= 11 is 0. The fourth-order valence-corrected chi connectivity index (χ4v) is 0.439. The Morgan fingerprint density at radius 3 is 1.33 bits per heavy atom. The Labute approximate surface area is 90.1 Å². The first-order valence-corrected chi connectivity index (χ1v) is 3.41. The Morgan fingerprint density at radius 2 is 1.06 bits per heavy atom. The first-order valence-electron chi connectivity index (χ1n) is 3.41. The zero-order chi connectivity index (χ0) is 15.0. The van der Waals surface area contributed by atoms with Gasteiger partial charge < -0.3 is 0 Å². The highest BCUT2D eigenvalue weighted by Crippen LogP contribution is 2.49. The number of halogens is 11. The van der Waals surface area contributed by atoms with Gasteiger partial charge in [-0.2, -0.15) is 43.9 Å². The smallest absolute Gasteiger partial charge is 0.243 e. The fourth-order valence-electron chi connectivity index (χ4n) is 0.439. The van der Waals surface area contributed by atoms with Gasteiger partial charge in [-0.05, 0) is 4.53 Å². The fraction of sp³-hybridized carbons (Fsp3) is 0.800. The lowest BCUT2D eigenvalue weighted by Gasteiger charge is -2.29. The van der Waals surface area contributed by atoms with Crippen LogP contribution in [0.1, 0.15) is 0 Å². The minimum Gasteiger partial charge on any atom is -0.243 e. The summed E-state index contributed by atoms with van der Waals surface area (Å²) in [4.78, 5) is 1.24. The van der Waals surface area contributed by atoms with Gasteiger partial charge in [0.05, 0.1) is 0 Å². The summed E-state index contributed by atoms with van der Waals surface area (Å²) in [6.45, 7) is 0. The molecule has 0 saturated heterocycles. The van der Waals surface area contributed by atoms with Crippen LogP contribution < -0.4 is 0 Å². The van der Waals surface area contributed by atoms with Gasteiger partial charge in [0.15, 0.2) is 0 Å². The van der Waals surface area contributed by atoms with Crippen molar-refractivity contribution in [2.24, 2.45) is 0 Å². The van der Waals surface area contributed by atoms with Crippen LogP contribution in [0.2, 0.25) is 0 Å². The lowest BCUT2D eigenvalue weighted by Crippen LogP contribution is -2.54. The highest BCUT2D eigenvalue weighted by Gasteiger charge is 2.74. The molecule has 2 nitrogen and oxygen atoms in total. The van der Waals surface area contributed by atoms with E-state index in [-0.39, 0.29) is 0 Å². The molecule has 1 radical (unpaired) electrons. The number of ether oxygens (including phenoxy) is 1. The summed E-state index contributed by atoms with van der Waals surface area (Å²) in [7, 11) is 0. The van der Waals surface area contributed by atoms with E-state index >= 15 is 0 Å². The SMILES string of the molecule is FOC(F)(F)C(F)(F)OC(F)(F)C(F)(F)[C](F)F. The third-order valence-electron chi connectivity index (χ3n) is 1.29. The van der Waals surface area contributed by atoms with Crippen LogP contribution in [0, 0.1) is 6.43 Å². The molecule has 109 valence electrons. The number of alkyl halides is 8. The van der Waals surface area contributed by atoms with E-state index in [9.17, 15) is 48.4 Å². The van der Waals surface area contributed by atoms with Crippen LogP contribution in [-0.2, 0) is 9.68 Å². The van der Waals surface area contributed by atoms with Crippen molar-refractivity contribution in [3.63, 3.8) is 0 Å². The Balaban J connectivity index is 5.21. The maximum Gasteiger partial charge on any atom is 0.478 e. The lowest BCUT2D eigenvalue weighted by molar-refractivity contribution is -0.530. The van der Waals surface area contributed by atoms with Gasteiger partial charge in [0, 0.05) is 0 Å². The number of hydrogen-bond acceptors (Lipinski definition) is 2. The first kappa shape index (κ1) is 17.2. The van der Waals surface area contributed by atoms with E-state index in [1.54, 1.807) is 4.74 Å². The van der Waals surface area contributed by atoms with Gasteiger partial charge in [-0.15, -0.1) is 4.94 Å². The van der Waals surface area contributed by atoms with E-state index in [0.717, 1.165) is 0 Å². The third kappa shape index (κ3) is 2.93. The summed E-state index contributed by atoms with van der Waals surface area (Å²) in [5, 5.41) is 0. The summed E-state index contributed by atoms with van der Waals surface area (Å²) < 4.78 is 131. The average molecular weight is 301 g/mol. The van der Waals surface area contributed by atoms with E-state index < -0.39 is 30.7 Å². The first-order chi connectivity index (χ1) is 7.71. The molecule has 0 aromatic rings. The summed E-state index contributed by atoms with van der Waals surface area (Å²) in [6, 6.07) is 0. The number of hydrogen-bond donors (Lipinski definition) is 0. The predicted octanol–water partition coefficient (Wildman–Crippen LogP) is 3.75. The van der Waals surface area contributed by atoms with Crippen LogP contribution in [0.15, 0.2) is 0 Å². The van der Waals surface area contributed by atoms with Crippen LogP contribution in [0.5, 0.6) is 0 Å². The molecule has 0 aliphatic heterocycles. The molecule has 0 bridgehead atoms. The van der Waals surface area contributed by atoms with Crippen molar-refractivity contribution >= 4 is 0 Å². The van der Waals surface area contributed by atoms with Crippen molar-refractivity contribution < 1.29 is 58.1 Å². The average Bonchev–Trinajstić information content (AvgIpc) is 2.15. The maximum atomic E-state index is 12.2. The topological polar surface area (TPSA) is 18.5 Å². The maximum absolute atomic E-state index is 12.2. The molecular weight excluding hydrogens is 301 g/mol. The van der Waals surface area contributed by atoms with E-state index in [1.807, 2.05) is 0 Å². The minimum atomic E-state index is -6.74. The Morgan fingerprint density at radius 1 is 0.667 bits per heavy atom. The molecule has 13 heteroatoms. The quantitative estimate of drug-likeness (QED) is 0.696. The van der Waals surface area contributed by atoms with Gasteiger partial charge in [0.1, 0.15) is 0 Å². The molecule has 0 N–H and O–H groups in total. The zero-order valence-electron chi connectivity index (χ0n) is 7.47. The van der Waals surface area contributed by atoms with Crippen molar-refractivity contribution in [3.05, 3.63) is 6.43 Å². The molecule has 0 heterocycles. The normalized spacial score (nSPS) is 15.3. The molecule has 0 amide bonds. The van der Waals surface area contributed by atoms with Crippen LogP contribution in [-0.4, -0.2) is 24.2 Å². The van der Waals surface area contributed by atoms with E-state index in [4.69, 9.17) is 0 Å². The Bertz CT molecular complexity index is 287. The van der Waals surface area contributed by atoms with E-state index in [1.165, 1.54) is 4.94 Å². The predicted molar refractivity (Wildman–Crippen MR) is 28.5 cm³/mol. The van der Waals surface area contributed by atoms with Crippen molar-refractivity contribution in [3.8, 4) is 0 Å². The molecule has 18 heavy (non-hydrogen) atoms. The second-order valence-corrected chi connectivity index (χ2v) is 2.56. The van der Waals surface area contributed by atoms with Crippen molar-refractivity contribution in [1.29, 1.82) is 0 Å². The molecule has 0 atom stereocenters. The Hall–Kier alpha value is -0.850. The Kier molecular flexibility index (Phi) is 4.46. The molecule has 0 unspecified atom stereocenters.